The number of rotatable bonds is 1. The second-order valence-corrected chi connectivity index (χ2v) is 7.12. The first-order chi connectivity index (χ1) is 11.6. The number of nitrogens with zero attached hydrogens (tertiary/aromatic N) is 1. The van der Waals surface area contributed by atoms with Crippen LogP contribution in [-0.2, 0) is 6.42 Å². The fraction of sp³-hybridized carbons (Fsp3) is 0.381. The molecule has 4 rings (SSSR count). The lowest BCUT2D eigenvalue weighted by Crippen LogP contribution is -2.49. The number of carbonyl (C=O) groups excluding carboxylic acids is 1. The number of hydrogen-bond acceptors (Lipinski definition) is 2. The first-order valence-electron chi connectivity index (χ1n) is 8.90. The van der Waals surface area contributed by atoms with Crippen molar-refractivity contribution in [2.45, 2.75) is 44.6 Å². The SMILES string of the molecule is Cc1ccc(C(=O)N2CCC[C@@H]3c4ccccc4CC[C@@H]32)cc1N. The van der Waals surface area contributed by atoms with E-state index >= 15 is 0 Å². The highest BCUT2D eigenvalue weighted by Crippen LogP contribution is 2.41. The zero-order valence-corrected chi connectivity index (χ0v) is 14.2. The van der Waals surface area contributed by atoms with Gasteiger partial charge in [-0.2, -0.15) is 0 Å². The summed E-state index contributed by atoms with van der Waals surface area (Å²) in [5.41, 5.74) is 11.4. The smallest absolute Gasteiger partial charge is 0.254 e. The van der Waals surface area contributed by atoms with E-state index in [0.29, 0.717) is 17.6 Å². The van der Waals surface area contributed by atoms with Crippen LogP contribution >= 0.6 is 0 Å². The average Bonchev–Trinajstić information content (AvgIpc) is 2.62. The minimum atomic E-state index is 0.135. The molecule has 1 heterocycles. The molecule has 2 aromatic rings. The van der Waals surface area contributed by atoms with Crippen molar-refractivity contribution in [3.05, 3.63) is 64.7 Å². The summed E-state index contributed by atoms with van der Waals surface area (Å²) in [5, 5.41) is 0. The Bertz CT molecular complexity index is 783. The summed E-state index contributed by atoms with van der Waals surface area (Å²) >= 11 is 0. The number of nitrogens with two attached hydrogens (primary N) is 1. The summed E-state index contributed by atoms with van der Waals surface area (Å²) in [7, 11) is 0. The van der Waals surface area contributed by atoms with Crippen LogP contribution in [-0.4, -0.2) is 23.4 Å². The molecule has 124 valence electrons. The largest absolute Gasteiger partial charge is 0.398 e. The Morgan fingerprint density at radius 2 is 2.00 bits per heavy atom. The maximum absolute atomic E-state index is 13.1. The molecule has 1 aliphatic carbocycles. The summed E-state index contributed by atoms with van der Waals surface area (Å²) in [5.74, 6) is 0.617. The van der Waals surface area contributed by atoms with Gasteiger partial charge < -0.3 is 10.6 Å². The molecular formula is C21H24N2O. The second-order valence-electron chi connectivity index (χ2n) is 7.12. The Morgan fingerprint density at radius 1 is 1.17 bits per heavy atom. The Labute approximate surface area is 143 Å². The predicted molar refractivity (Wildman–Crippen MR) is 97.2 cm³/mol. The molecule has 2 aromatic carbocycles. The minimum absolute atomic E-state index is 0.135. The van der Waals surface area contributed by atoms with Crippen molar-refractivity contribution in [2.24, 2.45) is 0 Å². The van der Waals surface area contributed by atoms with Gasteiger partial charge in [-0.25, -0.2) is 0 Å². The molecule has 2 N–H and O–H groups in total. The van der Waals surface area contributed by atoms with Crippen molar-refractivity contribution < 1.29 is 4.79 Å². The number of carbonyl (C=O) groups is 1. The summed E-state index contributed by atoms with van der Waals surface area (Å²) in [6.07, 6.45) is 4.38. The maximum atomic E-state index is 13.1. The first-order valence-corrected chi connectivity index (χ1v) is 8.90. The van der Waals surface area contributed by atoms with E-state index in [4.69, 9.17) is 5.73 Å². The van der Waals surface area contributed by atoms with Crippen LogP contribution in [0.4, 0.5) is 5.69 Å². The number of likely N-dealkylation sites (tertiary alicyclic amines) is 1. The highest BCUT2D eigenvalue weighted by molar-refractivity contribution is 5.95. The lowest BCUT2D eigenvalue weighted by Gasteiger charge is -2.45. The van der Waals surface area contributed by atoms with E-state index in [1.165, 1.54) is 17.5 Å². The van der Waals surface area contributed by atoms with E-state index in [0.717, 1.165) is 36.9 Å². The van der Waals surface area contributed by atoms with Gasteiger partial charge in [-0.1, -0.05) is 30.3 Å². The first kappa shape index (κ1) is 15.3. The number of fused-ring (bicyclic) bond motifs is 3. The van der Waals surface area contributed by atoms with Gasteiger partial charge >= 0.3 is 0 Å². The molecule has 1 saturated heterocycles. The van der Waals surface area contributed by atoms with Crippen LogP contribution in [0.15, 0.2) is 42.5 Å². The summed E-state index contributed by atoms with van der Waals surface area (Å²) in [6, 6.07) is 14.8. The van der Waals surface area contributed by atoms with E-state index in [9.17, 15) is 4.79 Å². The summed E-state index contributed by atoms with van der Waals surface area (Å²) in [4.78, 5) is 15.2. The molecule has 0 bridgehead atoms. The molecule has 1 fully saturated rings. The van der Waals surface area contributed by atoms with Crippen molar-refractivity contribution >= 4 is 11.6 Å². The monoisotopic (exact) mass is 320 g/mol. The van der Waals surface area contributed by atoms with Crippen LogP contribution < -0.4 is 5.73 Å². The van der Waals surface area contributed by atoms with Crippen LogP contribution in [0.25, 0.3) is 0 Å². The Balaban J connectivity index is 1.64. The number of piperidine rings is 1. The van der Waals surface area contributed by atoms with E-state index in [2.05, 4.69) is 29.2 Å². The molecule has 0 saturated carbocycles. The number of benzene rings is 2. The normalized spacial score (nSPS) is 22.6. The number of hydrogen-bond donors (Lipinski definition) is 1. The summed E-state index contributed by atoms with van der Waals surface area (Å²) < 4.78 is 0. The second kappa shape index (κ2) is 5.97. The number of anilines is 1. The van der Waals surface area contributed by atoms with E-state index in [1.807, 2.05) is 25.1 Å². The van der Waals surface area contributed by atoms with Crippen LogP contribution in [0.3, 0.4) is 0 Å². The molecule has 0 radical (unpaired) electrons. The van der Waals surface area contributed by atoms with Gasteiger partial charge in [-0.05, 0) is 61.4 Å². The van der Waals surface area contributed by atoms with Gasteiger partial charge in [0.2, 0.25) is 0 Å². The van der Waals surface area contributed by atoms with Crippen molar-refractivity contribution in [1.29, 1.82) is 0 Å². The molecular weight excluding hydrogens is 296 g/mol. The fourth-order valence-corrected chi connectivity index (χ4v) is 4.40. The molecule has 0 aromatic heterocycles. The van der Waals surface area contributed by atoms with Crippen LogP contribution in [0.5, 0.6) is 0 Å². The molecule has 1 amide bonds. The van der Waals surface area contributed by atoms with Crippen molar-refractivity contribution in [2.75, 3.05) is 12.3 Å². The third-order valence-electron chi connectivity index (χ3n) is 5.73. The van der Waals surface area contributed by atoms with E-state index in [1.54, 1.807) is 0 Å². The average molecular weight is 320 g/mol. The van der Waals surface area contributed by atoms with Crippen LogP contribution in [0.1, 0.15) is 52.2 Å². The minimum Gasteiger partial charge on any atom is -0.398 e. The maximum Gasteiger partial charge on any atom is 0.254 e. The number of amides is 1. The van der Waals surface area contributed by atoms with Gasteiger partial charge in [-0.3, -0.25) is 4.79 Å². The van der Waals surface area contributed by atoms with Crippen molar-refractivity contribution in [1.82, 2.24) is 4.90 Å². The molecule has 1 aliphatic heterocycles. The predicted octanol–water partition coefficient (Wildman–Crippen LogP) is 3.91. The zero-order chi connectivity index (χ0) is 16.7. The molecule has 3 nitrogen and oxygen atoms in total. The van der Waals surface area contributed by atoms with Crippen LogP contribution in [0.2, 0.25) is 0 Å². The fourth-order valence-electron chi connectivity index (χ4n) is 4.40. The van der Waals surface area contributed by atoms with Gasteiger partial charge in [0.25, 0.3) is 5.91 Å². The quantitative estimate of drug-likeness (QED) is 0.810. The highest BCUT2D eigenvalue weighted by atomic mass is 16.2. The third kappa shape index (κ3) is 2.48. The lowest BCUT2D eigenvalue weighted by atomic mass is 9.74. The highest BCUT2D eigenvalue weighted by Gasteiger charge is 2.38. The molecule has 2 aliphatic rings. The molecule has 24 heavy (non-hydrogen) atoms. The molecule has 0 spiro atoms. The number of nitrogen functional groups attached to an aromatic ring is 1. The van der Waals surface area contributed by atoms with Gasteiger partial charge in [-0.15, -0.1) is 0 Å². The summed E-state index contributed by atoms with van der Waals surface area (Å²) in [6.45, 7) is 2.83. The number of aryl methyl sites for hydroxylation is 2. The Kier molecular flexibility index (Phi) is 3.79. The molecule has 2 atom stereocenters. The topological polar surface area (TPSA) is 46.3 Å². The van der Waals surface area contributed by atoms with Crippen molar-refractivity contribution in [3.8, 4) is 0 Å². The molecule has 3 heteroatoms. The van der Waals surface area contributed by atoms with Crippen molar-refractivity contribution in [3.63, 3.8) is 0 Å². The van der Waals surface area contributed by atoms with Crippen LogP contribution in [0, 0.1) is 6.92 Å². The zero-order valence-electron chi connectivity index (χ0n) is 14.2. The van der Waals surface area contributed by atoms with Gasteiger partial charge in [0.15, 0.2) is 0 Å². The third-order valence-corrected chi connectivity index (χ3v) is 5.73. The van der Waals surface area contributed by atoms with E-state index < -0.39 is 0 Å². The standard InChI is InChI=1S/C21H24N2O/c1-14-8-9-16(13-19(14)22)21(24)23-12-4-7-18-17-6-3-2-5-15(17)10-11-20(18)23/h2-3,5-6,8-9,13,18,20H,4,7,10-12,22H2,1H3/t18-,20+/m1/s1. The van der Waals surface area contributed by atoms with Gasteiger partial charge in [0.05, 0.1) is 0 Å². The van der Waals surface area contributed by atoms with E-state index in [-0.39, 0.29) is 5.91 Å². The molecule has 0 unspecified atom stereocenters. The Hall–Kier alpha value is -2.29. The van der Waals surface area contributed by atoms with Gasteiger partial charge in [0, 0.05) is 29.8 Å². The Morgan fingerprint density at radius 3 is 2.83 bits per heavy atom. The van der Waals surface area contributed by atoms with Gasteiger partial charge in [0.1, 0.15) is 0 Å². The lowest BCUT2D eigenvalue weighted by molar-refractivity contribution is 0.0547.